The Kier molecular flexibility index (Phi) is 4.91. The van der Waals surface area contributed by atoms with Crippen LogP contribution >= 0.6 is 11.8 Å². The van der Waals surface area contributed by atoms with Gasteiger partial charge in [-0.2, -0.15) is 0 Å². The summed E-state index contributed by atoms with van der Waals surface area (Å²) in [5.74, 6) is 2.21. The van der Waals surface area contributed by atoms with E-state index in [-0.39, 0.29) is 18.0 Å². The zero-order chi connectivity index (χ0) is 10.6. The van der Waals surface area contributed by atoms with Gasteiger partial charge in [-0.05, 0) is 6.92 Å². The summed E-state index contributed by atoms with van der Waals surface area (Å²) in [6, 6.07) is -0.0894. The van der Waals surface area contributed by atoms with Crippen LogP contribution in [0.15, 0.2) is 0 Å². The van der Waals surface area contributed by atoms with Gasteiger partial charge >= 0.3 is 0 Å². The van der Waals surface area contributed by atoms with E-state index in [9.17, 15) is 9.00 Å². The van der Waals surface area contributed by atoms with E-state index < -0.39 is 10.8 Å². The standard InChI is InChI=1S/C8H16N2O2S2/c1-6(4-14(2)12)10-8(11)7-3-13-5-9-7/h6-7,9H,3-5H2,1-2H3,(H,10,11). The van der Waals surface area contributed by atoms with Crippen molar-refractivity contribution >= 4 is 28.5 Å². The highest BCUT2D eigenvalue weighted by molar-refractivity contribution is 7.99. The maximum atomic E-state index is 11.6. The third kappa shape index (κ3) is 3.98. The highest BCUT2D eigenvalue weighted by Gasteiger charge is 2.23. The van der Waals surface area contributed by atoms with Gasteiger partial charge in [-0.25, -0.2) is 0 Å². The molecule has 1 rings (SSSR count). The first-order valence-corrected chi connectivity index (χ1v) is 7.39. The maximum Gasteiger partial charge on any atom is 0.238 e. The van der Waals surface area contributed by atoms with Crippen molar-refractivity contribution in [2.24, 2.45) is 0 Å². The number of carbonyl (C=O) groups excluding carboxylic acids is 1. The Hall–Kier alpha value is -0.0700. The highest BCUT2D eigenvalue weighted by atomic mass is 32.2. The molecule has 14 heavy (non-hydrogen) atoms. The van der Waals surface area contributed by atoms with Gasteiger partial charge < -0.3 is 5.32 Å². The molecule has 0 bridgehead atoms. The van der Waals surface area contributed by atoms with Gasteiger partial charge in [0.25, 0.3) is 0 Å². The van der Waals surface area contributed by atoms with Crippen molar-refractivity contribution in [3.63, 3.8) is 0 Å². The SMILES string of the molecule is CC(CS(C)=O)NC(=O)C1CSCN1. The van der Waals surface area contributed by atoms with Crippen LogP contribution in [0.4, 0.5) is 0 Å². The molecule has 0 spiro atoms. The fraction of sp³-hybridized carbons (Fsp3) is 0.875. The molecule has 0 aromatic carbocycles. The van der Waals surface area contributed by atoms with Crippen molar-refractivity contribution in [2.45, 2.75) is 19.0 Å². The zero-order valence-corrected chi connectivity index (χ0v) is 10.0. The predicted octanol–water partition coefficient (Wildman–Crippen LogP) is -0.468. The molecule has 1 saturated heterocycles. The van der Waals surface area contributed by atoms with Crippen molar-refractivity contribution in [3.8, 4) is 0 Å². The van der Waals surface area contributed by atoms with Crippen LogP contribution < -0.4 is 10.6 Å². The Morgan fingerprint density at radius 2 is 2.50 bits per heavy atom. The molecule has 0 aliphatic carbocycles. The van der Waals surface area contributed by atoms with E-state index in [2.05, 4.69) is 10.6 Å². The quantitative estimate of drug-likeness (QED) is 0.693. The van der Waals surface area contributed by atoms with E-state index in [1.807, 2.05) is 6.92 Å². The van der Waals surface area contributed by atoms with Crippen LogP contribution in [0.5, 0.6) is 0 Å². The summed E-state index contributed by atoms with van der Waals surface area (Å²) in [4.78, 5) is 11.6. The smallest absolute Gasteiger partial charge is 0.238 e. The van der Waals surface area contributed by atoms with E-state index in [1.165, 1.54) is 0 Å². The molecule has 4 nitrogen and oxygen atoms in total. The third-order valence-electron chi connectivity index (χ3n) is 1.91. The summed E-state index contributed by atoms with van der Waals surface area (Å²) in [7, 11) is -0.854. The Balaban J connectivity index is 2.28. The highest BCUT2D eigenvalue weighted by Crippen LogP contribution is 2.09. The first kappa shape index (κ1) is 12.0. The average Bonchev–Trinajstić information content (AvgIpc) is 2.53. The lowest BCUT2D eigenvalue weighted by Gasteiger charge is -2.15. The fourth-order valence-electron chi connectivity index (χ4n) is 1.30. The molecular formula is C8H16N2O2S2. The van der Waals surface area contributed by atoms with Crippen molar-refractivity contribution in [3.05, 3.63) is 0 Å². The number of hydrogen-bond donors (Lipinski definition) is 2. The van der Waals surface area contributed by atoms with Gasteiger partial charge in [0.15, 0.2) is 0 Å². The third-order valence-corrected chi connectivity index (χ3v) is 3.82. The van der Waals surface area contributed by atoms with Gasteiger partial charge in [0.1, 0.15) is 0 Å². The van der Waals surface area contributed by atoms with E-state index in [4.69, 9.17) is 0 Å². The van der Waals surface area contributed by atoms with Gasteiger partial charge in [0.2, 0.25) is 5.91 Å². The summed E-state index contributed by atoms with van der Waals surface area (Å²) >= 11 is 1.72. The second kappa shape index (κ2) is 5.72. The molecule has 1 fully saturated rings. The van der Waals surface area contributed by atoms with Crippen LogP contribution in [-0.2, 0) is 15.6 Å². The Bertz CT molecular complexity index is 229. The number of nitrogens with one attached hydrogen (secondary N) is 2. The van der Waals surface area contributed by atoms with Crippen molar-refractivity contribution in [2.75, 3.05) is 23.6 Å². The van der Waals surface area contributed by atoms with E-state index in [0.717, 1.165) is 11.6 Å². The minimum atomic E-state index is -0.854. The van der Waals surface area contributed by atoms with Gasteiger partial charge in [0.05, 0.1) is 6.04 Å². The Labute approximate surface area is 91.0 Å². The second-order valence-electron chi connectivity index (χ2n) is 3.42. The molecule has 0 saturated carbocycles. The molecule has 1 aliphatic heterocycles. The summed E-state index contributed by atoms with van der Waals surface area (Å²) in [5.41, 5.74) is 0. The lowest BCUT2D eigenvalue weighted by atomic mass is 10.3. The minimum Gasteiger partial charge on any atom is -0.351 e. The van der Waals surface area contributed by atoms with Crippen LogP contribution in [0.2, 0.25) is 0 Å². The molecule has 0 aromatic heterocycles. The summed E-state index contributed by atoms with van der Waals surface area (Å²) in [6.07, 6.45) is 1.65. The molecule has 1 heterocycles. The number of thioether (sulfide) groups is 1. The lowest BCUT2D eigenvalue weighted by molar-refractivity contribution is -0.122. The van der Waals surface area contributed by atoms with E-state index >= 15 is 0 Å². The Morgan fingerprint density at radius 3 is 3.00 bits per heavy atom. The maximum absolute atomic E-state index is 11.6. The largest absolute Gasteiger partial charge is 0.351 e. The molecule has 0 radical (unpaired) electrons. The van der Waals surface area contributed by atoms with Crippen LogP contribution in [0, 0.1) is 0 Å². The molecule has 0 aromatic rings. The van der Waals surface area contributed by atoms with Crippen LogP contribution in [0.1, 0.15) is 6.92 Å². The molecule has 2 N–H and O–H groups in total. The average molecular weight is 236 g/mol. The van der Waals surface area contributed by atoms with Gasteiger partial charge in [-0.1, -0.05) is 0 Å². The molecule has 3 atom stereocenters. The Morgan fingerprint density at radius 1 is 1.79 bits per heavy atom. The second-order valence-corrected chi connectivity index (χ2v) is 5.93. The molecule has 1 amide bonds. The zero-order valence-electron chi connectivity index (χ0n) is 8.41. The van der Waals surface area contributed by atoms with Crippen LogP contribution in [0.3, 0.4) is 0 Å². The summed E-state index contributed by atoms with van der Waals surface area (Å²) < 4.78 is 10.9. The van der Waals surface area contributed by atoms with Gasteiger partial charge in [-0.15, -0.1) is 11.8 Å². The molecule has 6 heteroatoms. The number of carbonyl (C=O) groups is 1. The summed E-state index contributed by atoms with van der Waals surface area (Å²) in [6.45, 7) is 1.88. The summed E-state index contributed by atoms with van der Waals surface area (Å²) in [5, 5.41) is 5.94. The predicted molar refractivity (Wildman–Crippen MR) is 60.8 cm³/mol. The van der Waals surface area contributed by atoms with Crippen molar-refractivity contribution < 1.29 is 9.00 Å². The van der Waals surface area contributed by atoms with Crippen LogP contribution in [-0.4, -0.2) is 45.8 Å². The normalized spacial score (nSPS) is 25.7. The van der Waals surface area contributed by atoms with E-state index in [1.54, 1.807) is 18.0 Å². The molecular weight excluding hydrogens is 220 g/mol. The minimum absolute atomic E-state index is 0.0132. The first-order chi connectivity index (χ1) is 6.59. The van der Waals surface area contributed by atoms with E-state index in [0.29, 0.717) is 5.75 Å². The number of rotatable bonds is 4. The van der Waals surface area contributed by atoms with Crippen molar-refractivity contribution in [1.82, 2.24) is 10.6 Å². The monoisotopic (exact) mass is 236 g/mol. The van der Waals surface area contributed by atoms with Crippen molar-refractivity contribution in [1.29, 1.82) is 0 Å². The van der Waals surface area contributed by atoms with Crippen LogP contribution in [0.25, 0.3) is 0 Å². The topological polar surface area (TPSA) is 58.2 Å². The lowest BCUT2D eigenvalue weighted by Crippen LogP contribution is -2.46. The molecule has 1 aliphatic rings. The van der Waals surface area contributed by atoms with Gasteiger partial charge in [-0.3, -0.25) is 14.3 Å². The number of hydrogen-bond acceptors (Lipinski definition) is 4. The first-order valence-electron chi connectivity index (χ1n) is 4.51. The molecule has 82 valence electrons. The number of amides is 1. The van der Waals surface area contributed by atoms with Gasteiger partial charge in [0, 0.05) is 40.5 Å². The fourth-order valence-corrected chi connectivity index (χ4v) is 3.03. The molecule has 3 unspecified atom stereocenters.